The number of rotatable bonds is 1. The van der Waals surface area contributed by atoms with Gasteiger partial charge in [0.15, 0.2) is 17.1 Å². The molecule has 21 heavy (non-hydrogen) atoms. The van der Waals surface area contributed by atoms with Crippen molar-refractivity contribution in [2.24, 2.45) is 0 Å². The van der Waals surface area contributed by atoms with Gasteiger partial charge in [0.25, 0.3) is 0 Å². The van der Waals surface area contributed by atoms with Crippen LogP contribution < -0.4 is 5.73 Å². The Balaban J connectivity index is 2.05. The lowest BCUT2D eigenvalue weighted by molar-refractivity contribution is 0.587. The number of H-pyrrole nitrogens is 1. The van der Waals surface area contributed by atoms with Crippen molar-refractivity contribution in [1.29, 1.82) is 0 Å². The number of hydrogen-bond acceptors (Lipinski definition) is 5. The Morgan fingerprint density at radius 3 is 2.81 bits per heavy atom. The first kappa shape index (κ1) is 11.7. The molecule has 0 aliphatic heterocycles. The van der Waals surface area contributed by atoms with Crippen LogP contribution in [0.4, 0.5) is 14.5 Å². The van der Waals surface area contributed by atoms with Gasteiger partial charge in [-0.2, -0.15) is 0 Å². The molecule has 0 saturated heterocycles. The molecule has 4 aromatic rings. The Hall–Kier alpha value is -3.10. The molecule has 9 heteroatoms. The lowest BCUT2D eigenvalue weighted by Crippen LogP contribution is -1.98. The minimum Gasteiger partial charge on any atom is -0.396 e. The molecule has 1 aromatic carbocycles. The summed E-state index contributed by atoms with van der Waals surface area (Å²) >= 11 is 0. The molecule has 0 radical (unpaired) electrons. The maximum atomic E-state index is 14.0. The van der Waals surface area contributed by atoms with Crippen molar-refractivity contribution in [3.05, 3.63) is 36.4 Å². The van der Waals surface area contributed by atoms with Crippen molar-refractivity contribution in [3.8, 4) is 11.4 Å². The van der Waals surface area contributed by atoms with Crippen LogP contribution in [-0.2, 0) is 0 Å². The van der Waals surface area contributed by atoms with Crippen molar-refractivity contribution in [2.75, 3.05) is 5.73 Å². The van der Waals surface area contributed by atoms with Gasteiger partial charge in [0.1, 0.15) is 23.5 Å². The van der Waals surface area contributed by atoms with Crippen molar-refractivity contribution in [2.45, 2.75) is 0 Å². The lowest BCUT2D eigenvalue weighted by Gasteiger charge is -2.04. The molecule has 0 fully saturated rings. The molecule has 0 amide bonds. The van der Waals surface area contributed by atoms with Gasteiger partial charge in [0.05, 0.1) is 17.6 Å². The van der Waals surface area contributed by atoms with Crippen LogP contribution in [0.2, 0.25) is 0 Å². The maximum absolute atomic E-state index is 14.0. The summed E-state index contributed by atoms with van der Waals surface area (Å²) in [6.45, 7) is 0. The van der Waals surface area contributed by atoms with Crippen LogP contribution in [0.3, 0.4) is 0 Å². The zero-order chi connectivity index (χ0) is 14.6. The highest BCUT2D eigenvalue weighted by atomic mass is 19.1. The van der Waals surface area contributed by atoms with Gasteiger partial charge in [-0.25, -0.2) is 18.7 Å². The fourth-order valence-corrected chi connectivity index (χ4v) is 2.15. The first-order chi connectivity index (χ1) is 10.1. The monoisotopic (exact) mass is 287 g/mol. The number of nitrogens with two attached hydrogens (primary N) is 1. The number of aromatic nitrogens is 6. The Labute approximate surface area is 115 Å². The zero-order valence-electron chi connectivity index (χ0n) is 10.4. The Kier molecular flexibility index (Phi) is 2.20. The summed E-state index contributed by atoms with van der Waals surface area (Å²) in [5.74, 6) is -1.42. The summed E-state index contributed by atoms with van der Waals surface area (Å²) in [5, 5.41) is 7.92. The third-order valence-corrected chi connectivity index (χ3v) is 3.16. The number of nitrogens with zero attached hydrogens (tertiary/aromatic N) is 5. The van der Waals surface area contributed by atoms with E-state index in [2.05, 4.69) is 25.1 Å². The van der Waals surface area contributed by atoms with E-state index in [0.717, 1.165) is 0 Å². The van der Waals surface area contributed by atoms with Gasteiger partial charge < -0.3 is 10.7 Å². The Morgan fingerprint density at radius 2 is 1.95 bits per heavy atom. The maximum Gasteiger partial charge on any atom is 0.190 e. The number of halogens is 2. The van der Waals surface area contributed by atoms with E-state index in [1.165, 1.54) is 23.1 Å². The molecule has 0 bridgehead atoms. The predicted octanol–water partition coefficient (Wildman–Crippen LogP) is 1.53. The molecule has 0 aliphatic rings. The molecular formula is C12H7F2N7. The molecule has 0 unspecified atom stereocenters. The fraction of sp³-hybridized carbons (Fsp3) is 0. The second-order valence-corrected chi connectivity index (χ2v) is 4.42. The third kappa shape index (κ3) is 1.57. The second kappa shape index (κ2) is 3.95. The lowest BCUT2D eigenvalue weighted by atomic mass is 10.1. The number of fused-ring (bicyclic) bond motifs is 3. The fourth-order valence-electron chi connectivity index (χ4n) is 2.15. The van der Waals surface area contributed by atoms with Crippen LogP contribution in [0.15, 0.2) is 24.8 Å². The topological polar surface area (TPSA) is 97.8 Å². The molecule has 0 spiro atoms. The minimum atomic E-state index is -0.820. The van der Waals surface area contributed by atoms with Crippen molar-refractivity contribution in [1.82, 2.24) is 29.5 Å². The van der Waals surface area contributed by atoms with Crippen LogP contribution >= 0.6 is 0 Å². The number of aromatic amines is 1. The van der Waals surface area contributed by atoms with Crippen molar-refractivity contribution >= 4 is 22.5 Å². The standard InChI is InChI=1S/C12H7F2N7/c13-6-2-7(14)8(15)1-5(6)11-19-20-12-9-10(17-3-16-9)18-4-21(11)12/h1-4H,15H2,(H,16,17). The summed E-state index contributed by atoms with van der Waals surface area (Å²) in [6.07, 6.45) is 2.90. The van der Waals surface area contributed by atoms with Crippen LogP contribution in [0, 0.1) is 11.6 Å². The van der Waals surface area contributed by atoms with Gasteiger partial charge in [0, 0.05) is 6.07 Å². The van der Waals surface area contributed by atoms with Crippen LogP contribution in [0.25, 0.3) is 28.2 Å². The summed E-state index contributed by atoms with van der Waals surface area (Å²) in [7, 11) is 0. The second-order valence-electron chi connectivity index (χ2n) is 4.42. The van der Waals surface area contributed by atoms with Gasteiger partial charge in [-0.05, 0) is 6.07 Å². The average molecular weight is 287 g/mol. The number of nitrogen functional groups attached to an aromatic ring is 1. The molecule has 0 aliphatic carbocycles. The van der Waals surface area contributed by atoms with Gasteiger partial charge in [-0.15, -0.1) is 10.2 Å². The number of imidazole rings is 1. The molecular weight excluding hydrogens is 280 g/mol. The zero-order valence-corrected chi connectivity index (χ0v) is 10.4. The average Bonchev–Trinajstić information content (AvgIpc) is 3.08. The van der Waals surface area contributed by atoms with E-state index in [9.17, 15) is 8.78 Å². The van der Waals surface area contributed by atoms with Crippen LogP contribution in [0.1, 0.15) is 0 Å². The highest BCUT2D eigenvalue weighted by Crippen LogP contribution is 2.26. The normalized spacial score (nSPS) is 11.5. The summed E-state index contributed by atoms with van der Waals surface area (Å²) < 4.78 is 28.7. The van der Waals surface area contributed by atoms with E-state index in [1.54, 1.807) is 0 Å². The first-order valence-corrected chi connectivity index (χ1v) is 5.93. The van der Waals surface area contributed by atoms with Gasteiger partial charge >= 0.3 is 0 Å². The number of nitrogens with one attached hydrogen (secondary N) is 1. The van der Waals surface area contributed by atoms with E-state index in [-0.39, 0.29) is 17.1 Å². The molecule has 4 rings (SSSR count). The Morgan fingerprint density at radius 1 is 1.10 bits per heavy atom. The Bertz CT molecular complexity index is 988. The number of anilines is 1. The highest BCUT2D eigenvalue weighted by Gasteiger charge is 2.17. The first-order valence-electron chi connectivity index (χ1n) is 5.93. The van der Waals surface area contributed by atoms with Crippen molar-refractivity contribution in [3.63, 3.8) is 0 Å². The van der Waals surface area contributed by atoms with Gasteiger partial charge in [-0.3, -0.25) is 4.40 Å². The van der Waals surface area contributed by atoms with E-state index in [0.29, 0.717) is 22.9 Å². The van der Waals surface area contributed by atoms with Crippen molar-refractivity contribution < 1.29 is 8.78 Å². The number of benzene rings is 1. The summed E-state index contributed by atoms with van der Waals surface area (Å²) in [4.78, 5) is 11.0. The summed E-state index contributed by atoms with van der Waals surface area (Å²) in [5.41, 5.74) is 6.85. The molecule has 0 saturated carbocycles. The molecule has 0 atom stereocenters. The van der Waals surface area contributed by atoms with E-state index in [4.69, 9.17) is 5.73 Å². The largest absolute Gasteiger partial charge is 0.396 e. The quantitative estimate of drug-likeness (QED) is 0.517. The van der Waals surface area contributed by atoms with Gasteiger partial charge in [-0.1, -0.05) is 0 Å². The molecule has 3 aromatic heterocycles. The third-order valence-electron chi connectivity index (χ3n) is 3.16. The molecule has 3 N–H and O–H groups in total. The smallest absolute Gasteiger partial charge is 0.190 e. The van der Waals surface area contributed by atoms with Gasteiger partial charge in [0.2, 0.25) is 0 Å². The van der Waals surface area contributed by atoms with E-state index in [1.807, 2.05) is 0 Å². The predicted molar refractivity (Wildman–Crippen MR) is 70.2 cm³/mol. The van der Waals surface area contributed by atoms with Crippen LogP contribution in [-0.4, -0.2) is 29.5 Å². The minimum absolute atomic E-state index is 0.0436. The summed E-state index contributed by atoms with van der Waals surface area (Å²) in [6, 6.07) is 1.90. The highest BCUT2D eigenvalue weighted by molar-refractivity contribution is 5.85. The molecule has 104 valence electrons. The molecule has 7 nitrogen and oxygen atoms in total. The number of hydrogen-bond donors (Lipinski definition) is 2. The van der Waals surface area contributed by atoms with Crippen LogP contribution in [0.5, 0.6) is 0 Å². The van der Waals surface area contributed by atoms with E-state index >= 15 is 0 Å². The van der Waals surface area contributed by atoms with E-state index < -0.39 is 11.6 Å². The SMILES string of the molecule is Nc1cc(-c2nnc3c4[nH]cnc4ncn23)c(F)cc1F. The molecule has 3 heterocycles.